The van der Waals surface area contributed by atoms with Crippen LogP contribution in [0.2, 0.25) is 0 Å². The number of rotatable bonds is 5. The van der Waals surface area contributed by atoms with E-state index < -0.39 is 0 Å². The molecule has 2 heterocycles. The smallest absolute Gasteiger partial charge is 0.141 e. The van der Waals surface area contributed by atoms with Crippen molar-refractivity contribution in [1.82, 2.24) is 15.1 Å². The van der Waals surface area contributed by atoms with Crippen molar-refractivity contribution in [1.29, 1.82) is 0 Å². The average molecular weight is 310 g/mol. The summed E-state index contributed by atoms with van der Waals surface area (Å²) in [4.78, 5) is 8.77. The van der Waals surface area contributed by atoms with Gasteiger partial charge in [-0.05, 0) is 43.9 Å². The van der Waals surface area contributed by atoms with Crippen molar-refractivity contribution in [2.75, 3.05) is 11.9 Å². The van der Waals surface area contributed by atoms with Gasteiger partial charge in [0.25, 0.3) is 0 Å². The third-order valence-corrected chi connectivity index (χ3v) is 3.97. The molecule has 0 atom stereocenters. The highest BCUT2D eigenvalue weighted by atomic mass is 16.5. The maximum Gasteiger partial charge on any atom is 0.141 e. The molecule has 0 spiro atoms. The van der Waals surface area contributed by atoms with Gasteiger partial charge in [-0.2, -0.15) is 0 Å². The van der Waals surface area contributed by atoms with E-state index in [-0.39, 0.29) is 0 Å². The number of fused-ring (bicyclic) bond motifs is 1. The Morgan fingerprint density at radius 2 is 2.00 bits per heavy atom. The number of hydrogen-bond donors (Lipinski definition) is 1. The van der Waals surface area contributed by atoms with Crippen LogP contribution in [0.25, 0.3) is 22.0 Å². The van der Waals surface area contributed by atoms with Gasteiger partial charge in [-0.1, -0.05) is 25.1 Å². The fraction of sp³-hybridized carbons (Fsp3) is 0.389. The quantitative estimate of drug-likeness (QED) is 0.758. The Balaban J connectivity index is 2.01. The second-order valence-corrected chi connectivity index (χ2v) is 6.26. The second kappa shape index (κ2) is 6.36. The van der Waals surface area contributed by atoms with Crippen LogP contribution in [0.15, 0.2) is 29.0 Å². The van der Waals surface area contributed by atoms with Crippen molar-refractivity contribution >= 4 is 16.7 Å². The average Bonchev–Trinajstić information content (AvgIpc) is 2.86. The monoisotopic (exact) mass is 310 g/mol. The molecule has 5 heteroatoms. The predicted molar refractivity (Wildman–Crippen MR) is 92.5 cm³/mol. The highest BCUT2D eigenvalue weighted by Gasteiger charge is 2.13. The van der Waals surface area contributed by atoms with E-state index in [1.54, 1.807) is 6.33 Å². The number of nitrogens with zero attached hydrogens (tertiary/aromatic N) is 3. The van der Waals surface area contributed by atoms with Crippen LogP contribution in [0.4, 0.5) is 5.82 Å². The first-order valence-corrected chi connectivity index (χ1v) is 7.98. The molecule has 0 aliphatic heterocycles. The van der Waals surface area contributed by atoms with E-state index in [0.717, 1.165) is 52.3 Å². The zero-order valence-corrected chi connectivity index (χ0v) is 14.1. The standard InChI is InChI=1S/C18H22N4O/c1-11(2)7-8-19-18-15-9-14(5-6-16(15)20-10-21-18)17-12(3)22-23-13(17)4/h5-6,9-11H,7-8H2,1-4H3,(H,19,20,21). The number of benzene rings is 1. The lowest BCUT2D eigenvalue weighted by atomic mass is 10.0. The number of hydrogen-bond acceptors (Lipinski definition) is 5. The van der Waals surface area contributed by atoms with Crippen molar-refractivity contribution in [2.24, 2.45) is 5.92 Å². The van der Waals surface area contributed by atoms with E-state index in [4.69, 9.17) is 4.52 Å². The molecule has 2 aromatic heterocycles. The molecule has 120 valence electrons. The van der Waals surface area contributed by atoms with E-state index in [2.05, 4.69) is 46.4 Å². The molecule has 0 fully saturated rings. The van der Waals surface area contributed by atoms with Gasteiger partial charge in [0, 0.05) is 17.5 Å². The molecule has 0 saturated carbocycles. The molecule has 0 unspecified atom stereocenters. The summed E-state index contributed by atoms with van der Waals surface area (Å²) in [6.45, 7) is 9.23. The van der Waals surface area contributed by atoms with Crippen LogP contribution >= 0.6 is 0 Å². The molecular weight excluding hydrogens is 288 g/mol. The van der Waals surface area contributed by atoms with Crippen molar-refractivity contribution in [3.05, 3.63) is 36.0 Å². The molecule has 3 rings (SSSR count). The summed E-state index contributed by atoms with van der Waals surface area (Å²) >= 11 is 0. The molecular formula is C18H22N4O. The minimum atomic E-state index is 0.661. The molecule has 1 aromatic carbocycles. The highest BCUT2D eigenvalue weighted by molar-refractivity contribution is 5.92. The lowest BCUT2D eigenvalue weighted by Gasteiger charge is -2.10. The van der Waals surface area contributed by atoms with E-state index in [1.165, 1.54) is 0 Å². The Hall–Kier alpha value is -2.43. The van der Waals surface area contributed by atoms with Crippen LogP contribution in [0.1, 0.15) is 31.7 Å². The van der Waals surface area contributed by atoms with Crippen LogP contribution in [0.5, 0.6) is 0 Å². The van der Waals surface area contributed by atoms with Gasteiger partial charge < -0.3 is 9.84 Å². The Labute approximate surface area is 136 Å². The van der Waals surface area contributed by atoms with Gasteiger partial charge >= 0.3 is 0 Å². The van der Waals surface area contributed by atoms with Crippen molar-refractivity contribution in [3.63, 3.8) is 0 Å². The third-order valence-electron chi connectivity index (χ3n) is 3.97. The van der Waals surface area contributed by atoms with Crippen LogP contribution in [-0.4, -0.2) is 21.7 Å². The summed E-state index contributed by atoms with van der Waals surface area (Å²) < 4.78 is 5.29. The van der Waals surface area contributed by atoms with E-state index >= 15 is 0 Å². The SMILES string of the molecule is Cc1noc(C)c1-c1ccc2ncnc(NCCC(C)C)c2c1. The predicted octanol–water partition coefficient (Wildman–Crippen LogP) is 4.36. The molecule has 0 bridgehead atoms. The fourth-order valence-electron chi connectivity index (χ4n) is 2.73. The number of nitrogens with one attached hydrogen (secondary N) is 1. The summed E-state index contributed by atoms with van der Waals surface area (Å²) in [5.74, 6) is 2.37. The van der Waals surface area contributed by atoms with Crippen molar-refractivity contribution in [2.45, 2.75) is 34.1 Å². The van der Waals surface area contributed by atoms with Gasteiger partial charge in [0.2, 0.25) is 0 Å². The van der Waals surface area contributed by atoms with E-state index in [9.17, 15) is 0 Å². The zero-order chi connectivity index (χ0) is 16.4. The lowest BCUT2D eigenvalue weighted by Crippen LogP contribution is -2.06. The summed E-state index contributed by atoms with van der Waals surface area (Å²) in [7, 11) is 0. The molecule has 0 aliphatic rings. The summed E-state index contributed by atoms with van der Waals surface area (Å²) in [6, 6.07) is 6.19. The maximum absolute atomic E-state index is 5.29. The van der Waals surface area contributed by atoms with Gasteiger partial charge in [0.1, 0.15) is 17.9 Å². The summed E-state index contributed by atoms with van der Waals surface area (Å²) in [6.07, 6.45) is 2.71. The Morgan fingerprint density at radius 3 is 2.70 bits per heavy atom. The van der Waals surface area contributed by atoms with Gasteiger partial charge in [0.05, 0.1) is 11.2 Å². The zero-order valence-electron chi connectivity index (χ0n) is 14.1. The molecule has 5 nitrogen and oxygen atoms in total. The fourth-order valence-corrected chi connectivity index (χ4v) is 2.73. The minimum Gasteiger partial charge on any atom is -0.369 e. The number of anilines is 1. The van der Waals surface area contributed by atoms with E-state index in [0.29, 0.717) is 5.92 Å². The minimum absolute atomic E-state index is 0.661. The second-order valence-electron chi connectivity index (χ2n) is 6.26. The third kappa shape index (κ3) is 3.18. The first-order valence-electron chi connectivity index (χ1n) is 7.98. The molecule has 0 radical (unpaired) electrons. The normalized spacial score (nSPS) is 11.3. The van der Waals surface area contributed by atoms with Crippen LogP contribution in [0, 0.1) is 19.8 Å². The van der Waals surface area contributed by atoms with Crippen molar-refractivity contribution < 1.29 is 4.52 Å². The lowest BCUT2D eigenvalue weighted by molar-refractivity contribution is 0.393. The molecule has 23 heavy (non-hydrogen) atoms. The van der Waals surface area contributed by atoms with Gasteiger partial charge in [0.15, 0.2) is 0 Å². The topological polar surface area (TPSA) is 63.8 Å². The van der Waals surface area contributed by atoms with Gasteiger partial charge in [-0.15, -0.1) is 0 Å². The first-order chi connectivity index (χ1) is 11.1. The van der Waals surface area contributed by atoms with Gasteiger partial charge in [-0.3, -0.25) is 0 Å². The molecule has 3 aromatic rings. The maximum atomic E-state index is 5.29. The highest BCUT2D eigenvalue weighted by Crippen LogP contribution is 2.30. The largest absolute Gasteiger partial charge is 0.369 e. The van der Waals surface area contributed by atoms with E-state index in [1.807, 2.05) is 19.9 Å². The summed E-state index contributed by atoms with van der Waals surface area (Å²) in [5.41, 5.74) is 3.95. The Kier molecular flexibility index (Phi) is 4.28. The van der Waals surface area contributed by atoms with Crippen molar-refractivity contribution in [3.8, 4) is 11.1 Å². The molecule has 0 saturated heterocycles. The Morgan fingerprint density at radius 1 is 1.17 bits per heavy atom. The molecule has 1 N–H and O–H groups in total. The summed E-state index contributed by atoms with van der Waals surface area (Å²) in [5, 5.41) is 8.49. The van der Waals surface area contributed by atoms with Crippen LogP contribution < -0.4 is 5.32 Å². The molecule has 0 amide bonds. The van der Waals surface area contributed by atoms with Crippen LogP contribution in [-0.2, 0) is 0 Å². The number of aryl methyl sites for hydroxylation is 2. The number of aromatic nitrogens is 3. The van der Waals surface area contributed by atoms with Crippen LogP contribution in [0.3, 0.4) is 0 Å². The molecule has 0 aliphatic carbocycles. The Bertz CT molecular complexity index is 803. The van der Waals surface area contributed by atoms with Gasteiger partial charge in [-0.25, -0.2) is 9.97 Å². The first kappa shape index (κ1) is 15.5.